The molecule has 0 aliphatic carbocycles. The molecule has 0 fully saturated rings. The van der Waals surface area contributed by atoms with Crippen molar-refractivity contribution in [2.75, 3.05) is 12.4 Å². The van der Waals surface area contributed by atoms with E-state index in [1.807, 2.05) is 36.4 Å². The normalized spacial score (nSPS) is 11.9. The maximum atomic E-state index is 11.8. The van der Waals surface area contributed by atoms with Gasteiger partial charge in [-0.15, -0.1) is 0 Å². The molecule has 0 aliphatic rings. The summed E-state index contributed by atoms with van der Waals surface area (Å²) in [5.41, 5.74) is 1.43. The van der Waals surface area contributed by atoms with E-state index in [0.29, 0.717) is 5.69 Å². The summed E-state index contributed by atoms with van der Waals surface area (Å²) >= 11 is 0. The fourth-order valence-corrected chi connectivity index (χ4v) is 2.27. The van der Waals surface area contributed by atoms with E-state index in [1.165, 1.54) is 14.0 Å². The van der Waals surface area contributed by atoms with Crippen LogP contribution in [0.1, 0.15) is 25.3 Å². The molecule has 0 heterocycles. The quantitative estimate of drug-likeness (QED) is 0.873. The van der Waals surface area contributed by atoms with Gasteiger partial charge < -0.3 is 10.1 Å². The second-order valence-corrected chi connectivity index (χ2v) is 4.68. The Morgan fingerprint density at radius 3 is 2.50 bits per heavy atom. The summed E-state index contributed by atoms with van der Waals surface area (Å²) in [5, 5.41) is 4.75. The van der Waals surface area contributed by atoms with E-state index in [1.54, 1.807) is 6.92 Å². The van der Waals surface area contributed by atoms with Crippen molar-refractivity contribution in [3.8, 4) is 0 Å². The number of esters is 1. The summed E-state index contributed by atoms with van der Waals surface area (Å²) in [5.74, 6) is -0.932. The SMILES string of the molecule is COC(=O)C(C)c1ccc2ccccc2c1NC(C)=O. The molecule has 0 radical (unpaired) electrons. The number of carbonyl (C=O) groups excluding carboxylic acids is 2. The number of ether oxygens (including phenoxy) is 1. The third kappa shape index (κ3) is 2.64. The molecule has 0 bridgehead atoms. The molecule has 104 valence electrons. The maximum Gasteiger partial charge on any atom is 0.312 e. The summed E-state index contributed by atoms with van der Waals surface area (Å²) in [6.45, 7) is 3.22. The summed E-state index contributed by atoms with van der Waals surface area (Å²) < 4.78 is 4.79. The number of hydrogen-bond donors (Lipinski definition) is 1. The van der Waals surface area contributed by atoms with Gasteiger partial charge in [-0.05, 0) is 17.9 Å². The lowest BCUT2D eigenvalue weighted by Gasteiger charge is -2.17. The third-order valence-electron chi connectivity index (χ3n) is 3.28. The van der Waals surface area contributed by atoms with E-state index >= 15 is 0 Å². The van der Waals surface area contributed by atoms with Crippen LogP contribution < -0.4 is 5.32 Å². The molecular weight excluding hydrogens is 254 g/mol. The van der Waals surface area contributed by atoms with Crippen LogP contribution >= 0.6 is 0 Å². The molecule has 4 heteroatoms. The molecule has 0 aromatic heterocycles. The number of anilines is 1. The van der Waals surface area contributed by atoms with E-state index in [-0.39, 0.29) is 11.9 Å². The Morgan fingerprint density at radius 1 is 1.15 bits per heavy atom. The summed E-state index contributed by atoms with van der Waals surface area (Å²) in [6, 6.07) is 11.5. The Labute approximate surface area is 117 Å². The fraction of sp³-hybridized carbons (Fsp3) is 0.250. The van der Waals surface area contributed by atoms with Gasteiger partial charge in [0.05, 0.1) is 18.7 Å². The fourth-order valence-electron chi connectivity index (χ4n) is 2.27. The number of hydrogen-bond acceptors (Lipinski definition) is 3. The van der Waals surface area contributed by atoms with E-state index in [4.69, 9.17) is 4.74 Å². The number of amides is 1. The minimum Gasteiger partial charge on any atom is -0.469 e. The number of carbonyl (C=O) groups is 2. The predicted molar refractivity (Wildman–Crippen MR) is 78.7 cm³/mol. The van der Waals surface area contributed by atoms with E-state index in [9.17, 15) is 9.59 Å². The van der Waals surface area contributed by atoms with Crippen molar-refractivity contribution in [1.82, 2.24) is 0 Å². The topological polar surface area (TPSA) is 55.4 Å². The number of methoxy groups -OCH3 is 1. The molecule has 0 aliphatic heterocycles. The van der Waals surface area contributed by atoms with Gasteiger partial charge in [0.25, 0.3) is 0 Å². The van der Waals surface area contributed by atoms with E-state index in [0.717, 1.165) is 16.3 Å². The van der Waals surface area contributed by atoms with Crippen LogP contribution in [0, 0.1) is 0 Å². The Balaban J connectivity index is 2.64. The van der Waals surface area contributed by atoms with Gasteiger partial charge in [0, 0.05) is 12.3 Å². The Bertz CT molecular complexity index is 664. The standard InChI is InChI=1S/C16H17NO3/c1-10(16(19)20-3)13-9-8-12-6-4-5-7-14(12)15(13)17-11(2)18/h4-10H,1-3H3,(H,17,18). The number of benzene rings is 2. The average molecular weight is 271 g/mol. The molecule has 0 saturated heterocycles. The monoisotopic (exact) mass is 271 g/mol. The Hall–Kier alpha value is -2.36. The summed E-state index contributed by atoms with van der Waals surface area (Å²) in [7, 11) is 1.36. The second kappa shape index (κ2) is 5.74. The third-order valence-corrected chi connectivity index (χ3v) is 3.28. The van der Waals surface area contributed by atoms with Crippen molar-refractivity contribution in [3.63, 3.8) is 0 Å². The van der Waals surface area contributed by atoms with Gasteiger partial charge in [-0.3, -0.25) is 9.59 Å². The van der Waals surface area contributed by atoms with Gasteiger partial charge in [0.1, 0.15) is 0 Å². The van der Waals surface area contributed by atoms with Gasteiger partial charge in [0.15, 0.2) is 0 Å². The zero-order valence-corrected chi connectivity index (χ0v) is 11.8. The number of nitrogens with one attached hydrogen (secondary N) is 1. The van der Waals surface area contributed by atoms with Crippen LogP contribution in [-0.4, -0.2) is 19.0 Å². The zero-order valence-electron chi connectivity index (χ0n) is 11.8. The number of rotatable bonds is 3. The maximum absolute atomic E-state index is 11.8. The van der Waals surface area contributed by atoms with Gasteiger partial charge in [-0.1, -0.05) is 36.4 Å². The molecule has 2 rings (SSSR count). The average Bonchev–Trinajstić information content (AvgIpc) is 2.45. The first-order valence-electron chi connectivity index (χ1n) is 6.41. The molecule has 1 amide bonds. The van der Waals surface area contributed by atoms with Crippen LogP contribution in [0.15, 0.2) is 36.4 Å². The largest absolute Gasteiger partial charge is 0.469 e. The van der Waals surface area contributed by atoms with E-state index < -0.39 is 5.92 Å². The lowest BCUT2D eigenvalue weighted by Crippen LogP contribution is -2.15. The van der Waals surface area contributed by atoms with Crippen LogP contribution in [-0.2, 0) is 14.3 Å². The zero-order chi connectivity index (χ0) is 14.7. The highest BCUT2D eigenvalue weighted by atomic mass is 16.5. The van der Waals surface area contributed by atoms with Gasteiger partial charge in [-0.2, -0.15) is 0 Å². The Morgan fingerprint density at radius 2 is 1.85 bits per heavy atom. The molecule has 1 N–H and O–H groups in total. The highest BCUT2D eigenvalue weighted by Crippen LogP contribution is 2.32. The van der Waals surface area contributed by atoms with Crippen LogP contribution in [0.25, 0.3) is 10.8 Å². The minimum absolute atomic E-state index is 0.167. The summed E-state index contributed by atoms with van der Waals surface area (Å²) in [6.07, 6.45) is 0. The molecule has 2 aromatic rings. The molecule has 1 unspecified atom stereocenters. The van der Waals surface area contributed by atoms with Crippen molar-refractivity contribution in [1.29, 1.82) is 0 Å². The second-order valence-electron chi connectivity index (χ2n) is 4.68. The van der Waals surface area contributed by atoms with Crippen LogP contribution in [0.5, 0.6) is 0 Å². The molecule has 0 saturated carbocycles. The van der Waals surface area contributed by atoms with Crippen molar-refractivity contribution >= 4 is 28.3 Å². The summed E-state index contributed by atoms with van der Waals surface area (Å²) in [4.78, 5) is 23.2. The van der Waals surface area contributed by atoms with Crippen LogP contribution in [0.3, 0.4) is 0 Å². The lowest BCUT2D eigenvalue weighted by atomic mass is 9.95. The lowest BCUT2D eigenvalue weighted by molar-refractivity contribution is -0.142. The van der Waals surface area contributed by atoms with Gasteiger partial charge in [0.2, 0.25) is 5.91 Å². The van der Waals surface area contributed by atoms with E-state index in [2.05, 4.69) is 5.32 Å². The molecule has 1 atom stereocenters. The Kier molecular flexibility index (Phi) is 4.03. The molecule has 0 spiro atoms. The highest BCUT2D eigenvalue weighted by molar-refractivity contribution is 6.04. The van der Waals surface area contributed by atoms with Gasteiger partial charge in [-0.25, -0.2) is 0 Å². The van der Waals surface area contributed by atoms with Crippen LogP contribution in [0.2, 0.25) is 0 Å². The van der Waals surface area contributed by atoms with Crippen molar-refractivity contribution in [3.05, 3.63) is 42.0 Å². The first-order chi connectivity index (χ1) is 9.54. The van der Waals surface area contributed by atoms with Gasteiger partial charge >= 0.3 is 5.97 Å². The smallest absolute Gasteiger partial charge is 0.312 e. The van der Waals surface area contributed by atoms with Crippen molar-refractivity contribution in [2.24, 2.45) is 0 Å². The first-order valence-corrected chi connectivity index (χ1v) is 6.41. The number of fused-ring (bicyclic) bond motifs is 1. The van der Waals surface area contributed by atoms with Crippen molar-refractivity contribution < 1.29 is 14.3 Å². The predicted octanol–water partition coefficient (Wildman–Crippen LogP) is 3.07. The molecule has 20 heavy (non-hydrogen) atoms. The van der Waals surface area contributed by atoms with Crippen LogP contribution in [0.4, 0.5) is 5.69 Å². The molecular formula is C16H17NO3. The first kappa shape index (κ1) is 14.1. The minimum atomic E-state index is -0.438. The molecule has 4 nitrogen and oxygen atoms in total. The molecule has 2 aromatic carbocycles. The highest BCUT2D eigenvalue weighted by Gasteiger charge is 2.21. The van der Waals surface area contributed by atoms with Crippen molar-refractivity contribution in [2.45, 2.75) is 19.8 Å².